The van der Waals surface area contributed by atoms with Gasteiger partial charge in [-0.15, -0.1) is 0 Å². The van der Waals surface area contributed by atoms with Gasteiger partial charge < -0.3 is 9.64 Å². The summed E-state index contributed by atoms with van der Waals surface area (Å²) in [4.78, 5) is 43.4. The molecule has 3 heterocycles. The Kier molecular flexibility index (Phi) is 5.43. The highest BCUT2D eigenvalue weighted by atomic mass is 16.5. The largest absolute Gasteiger partial charge is 0.461 e. The van der Waals surface area contributed by atoms with Gasteiger partial charge in [0.15, 0.2) is 11.2 Å². The summed E-state index contributed by atoms with van der Waals surface area (Å²) in [6.45, 7) is 5.22. The van der Waals surface area contributed by atoms with Crippen LogP contribution in [0.15, 0.2) is 33.9 Å². The minimum atomic E-state index is -0.431. The minimum absolute atomic E-state index is 0.0589. The molecular weight excluding hydrogens is 398 g/mol. The van der Waals surface area contributed by atoms with Crippen LogP contribution in [-0.2, 0) is 25.4 Å². The number of nitrogens with zero attached hydrogens (tertiary/aromatic N) is 5. The molecule has 164 valence electrons. The van der Waals surface area contributed by atoms with E-state index in [0.29, 0.717) is 49.7 Å². The van der Waals surface area contributed by atoms with Gasteiger partial charge in [-0.3, -0.25) is 23.3 Å². The lowest BCUT2D eigenvalue weighted by Gasteiger charge is -2.31. The van der Waals surface area contributed by atoms with E-state index in [-0.39, 0.29) is 12.0 Å². The zero-order valence-corrected chi connectivity index (χ0v) is 18.3. The van der Waals surface area contributed by atoms with Crippen LogP contribution in [0.1, 0.15) is 30.9 Å². The van der Waals surface area contributed by atoms with Crippen molar-refractivity contribution >= 4 is 17.1 Å². The van der Waals surface area contributed by atoms with Crippen molar-refractivity contribution < 1.29 is 9.53 Å². The molecule has 0 radical (unpaired) electrons. The number of amides is 1. The van der Waals surface area contributed by atoms with Crippen molar-refractivity contribution in [2.75, 3.05) is 13.1 Å². The SMILES string of the molecule is CC(=O)N1CCC(Oc2nc3c(c(=O)n(C)c(=O)n3C)n2Cc2cccc(C)c2)CC1. The van der Waals surface area contributed by atoms with Gasteiger partial charge in [0, 0.05) is 47.0 Å². The fourth-order valence-electron chi connectivity index (χ4n) is 4.09. The first-order valence-electron chi connectivity index (χ1n) is 10.4. The van der Waals surface area contributed by atoms with E-state index in [9.17, 15) is 14.4 Å². The fraction of sp³-hybridized carbons (Fsp3) is 0.455. The van der Waals surface area contributed by atoms with Gasteiger partial charge in [-0.2, -0.15) is 4.98 Å². The van der Waals surface area contributed by atoms with Crippen molar-refractivity contribution in [1.29, 1.82) is 0 Å². The first kappa shape index (κ1) is 20.9. The molecule has 0 saturated carbocycles. The molecule has 1 aliphatic rings. The summed E-state index contributed by atoms with van der Waals surface area (Å²) in [7, 11) is 3.06. The van der Waals surface area contributed by atoms with E-state index >= 15 is 0 Å². The van der Waals surface area contributed by atoms with Crippen molar-refractivity contribution in [2.24, 2.45) is 14.1 Å². The highest BCUT2D eigenvalue weighted by molar-refractivity contribution is 5.73. The molecule has 0 unspecified atom stereocenters. The summed E-state index contributed by atoms with van der Waals surface area (Å²) in [6.07, 6.45) is 1.25. The molecule has 1 aliphatic heterocycles. The third-order valence-electron chi connectivity index (χ3n) is 5.90. The molecule has 9 heteroatoms. The number of imidazole rings is 1. The zero-order chi connectivity index (χ0) is 22.3. The van der Waals surface area contributed by atoms with Gasteiger partial charge in [0.2, 0.25) is 5.91 Å². The molecule has 1 aromatic carbocycles. The van der Waals surface area contributed by atoms with Gasteiger partial charge in [-0.05, 0) is 12.5 Å². The number of aromatic nitrogens is 4. The molecule has 0 bridgehead atoms. The van der Waals surface area contributed by atoms with Crippen LogP contribution >= 0.6 is 0 Å². The average molecular weight is 425 g/mol. The third-order valence-corrected chi connectivity index (χ3v) is 5.90. The molecule has 1 saturated heterocycles. The molecule has 9 nitrogen and oxygen atoms in total. The second-order valence-electron chi connectivity index (χ2n) is 8.17. The maximum atomic E-state index is 13.0. The van der Waals surface area contributed by atoms with Crippen LogP contribution in [0, 0.1) is 6.92 Å². The molecule has 0 N–H and O–H groups in total. The smallest absolute Gasteiger partial charge is 0.332 e. The molecule has 1 fully saturated rings. The number of aryl methyl sites for hydroxylation is 2. The van der Waals surface area contributed by atoms with E-state index in [4.69, 9.17) is 4.74 Å². The highest BCUT2D eigenvalue weighted by Gasteiger charge is 2.26. The molecule has 3 aromatic rings. The summed E-state index contributed by atoms with van der Waals surface area (Å²) in [5.41, 5.74) is 1.92. The Morgan fingerprint density at radius 3 is 2.52 bits per heavy atom. The standard InChI is InChI=1S/C22H27N5O4/c1-14-6-5-7-16(12-14)13-27-18-19(24(3)22(30)25(4)20(18)29)23-21(27)31-17-8-10-26(11-9-17)15(2)28/h5-7,12,17H,8-11,13H2,1-4H3. The summed E-state index contributed by atoms with van der Waals surface area (Å²) < 4.78 is 10.5. The number of hydrogen-bond acceptors (Lipinski definition) is 5. The van der Waals surface area contributed by atoms with Crippen LogP contribution in [0.5, 0.6) is 6.01 Å². The molecule has 2 aromatic heterocycles. The Balaban J connectivity index is 1.78. The first-order valence-corrected chi connectivity index (χ1v) is 10.4. The fourth-order valence-corrected chi connectivity index (χ4v) is 4.09. The average Bonchev–Trinajstić information content (AvgIpc) is 3.09. The first-order chi connectivity index (χ1) is 14.8. The van der Waals surface area contributed by atoms with Gasteiger partial charge in [0.1, 0.15) is 6.10 Å². The molecular formula is C22H27N5O4. The summed E-state index contributed by atoms with van der Waals surface area (Å²) in [6, 6.07) is 8.33. The van der Waals surface area contributed by atoms with Crippen molar-refractivity contribution in [2.45, 2.75) is 39.3 Å². The van der Waals surface area contributed by atoms with Gasteiger partial charge >= 0.3 is 5.69 Å². The van der Waals surface area contributed by atoms with Crippen LogP contribution in [-0.4, -0.2) is 48.7 Å². The summed E-state index contributed by atoms with van der Waals surface area (Å²) in [5.74, 6) is 0.0589. The van der Waals surface area contributed by atoms with E-state index in [1.165, 1.54) is 11.6 Å². The van der Waals surface area contributed by atoms with Crippen molar-refractivity contribution in [3.8, 4) is 6.01 Å². The van der Waals surface area contributed by atoms with Gasteiger partial charge in [-0.1, -0.05) is 29.8 Å². The number of benzene rings is 1. The summed E-state index contributed by atoms with van der Waals surface area (Å²) >= 11 is 0. The van der Waals surface area contributed by atoms with E-state index in [1.54, 1.807) is 23.4 Å². The van der Waals surface area contributed by atoms with E-state index in [1.807, 2.05) is 31.2 Å². The minimum Gasteiger partial charge on any atom is -0.461 e. The monoisotopic (exact) mass is 425 g/mol. The van der Waals surface area contributed by atoms with E-state index in [2.05, 4.69) is 4.98 Å². The van der Waals surface area contributed by atoms with Gasteiger partial charge in [0.25, 0.3) is 11.6 Å². The number of fused-ring (bicyclic) bond motifs is 1. The Hall–Kier alpha value is -3.36. The van der Waals surface area contributed by atoms with E-state index < -0.39 is 11.2 Å². The Morgan fingerprint density at radius 2 is 1.87 bits per heavy atom. The normalized spacial score (nSPS) is 14.9. The maximum Gasteiger partial charge on any atom is 0.332 e. The topological polar surface area (TPSA) is 91.4 Å². The molecule has 4 rings (SSSR count). The van der Waals surface area contributed by atoms with Crippen LogP contribution in [0.3, 0.4) is 0 Å². The lowest BCUT2D eigenvalue weighted by atomic mass is 10.1. The van der Waals surface area contributed by atoms with E-state index in [0.717, 1.165) is 15.7 Å². The number of carbonyl (C=O) groups is 1. The van der Waals surface area contributed by atoms with Crippen LogP contribution in [0.25, 0.3) is 11.2 Å². The third kappa shape index (κ3) is 3.87. The second-order valence-corrected chi connectivity index (χ2v) is 8.17. The molecule has 1 amide bonds. The second kappa shape index (κ2) is 8.05. The number of likely N-dealkylation sites (tertiary alicyclic amines) is 1. The molecule has 0 spiro atoms. The zero-order valence-electron chi connectivity index (χ0n) is 18.3. The van der Waals surface area contributed by atoms with Crippen LogP contribution < -0.4 is 16.0 Å². The summed E-state index contributed by atoms with van der Waals surface area (Å²) in [5, 5.41) is 0. The lowest BCUT2D eigenvalue weighted by Crippen LogP contribution is -2.41. The Morgan fingerprint density at radius 1 is 1.16 bits per heavy atom. The highest BCUT2D eigenvalue weighted by Crippen LogP contribution is 2.24. The Bertz CT molecular complexity index is 1260. The maximum absolute atomic E-state index is 13.0. The molecule has 31 heavy (non-hydrogen) atoms. The Labute approximate surface area is 179 Å². The molecule has 0 atom stereocenters. The van der Waals surface area contributed by atoms with Crippen molar-refractivity contribution in [3.05, 3.63) is 56.2 Å². The molecule has 0 aliphatic carbocycles. The van der Waals surface area contributed by atoms with Gasteiger partial charge in [-0.25, -0.2) is 4.79 Å². The number of ether oxygens (including phenoxy) is 1. The quantitative estimate of drug-likeness (QED) is 0.626. The predicted molar refractivity (Wildman–Crippen MR) is 116 cm³/mol. The lowest BCUT2D eigenvalue weighted by molar-refractivity contribution is -0.130. The number of hydrogen-bond donors (Lipinski definition) is 0. The number of rotatable bonds is 4. The number of piperidine rings is 1. The van der Waals surface area contributed by atoms with Gasteiger partial charge in [0.05, 0.1) is 6.54 Å². The van der Waals surface area contributed by atoms with Crippen LogP contribution in [0.4, 0.5) is 0 Å². The van der Waals surface area contributed by atoms with Crippen molar-refractivity contribution in [3.63, 3.8) is 0 Å². The number of carbonyl (C=O) groups excluding carboxylic acids is 1. The van der Waals surface area contributed by atoms with Crippen molar-refractivity contribution in [1.82, 2.24) is 23.6 Å². The predicted octanol–water partition coefficient (Wildman–Crippen LogP) is 1.18. The van der Waals surface area contributed by atoms with Crippen LogP contribution in [0.2, 0.25) is 0 Å².